The van der Waals surface area contributed by atoms with Gasteiger partial charge in [0, 0.05) is 19.2 Å². The molecule has 0 bridgehead atoms. The second kappa shape index (κ2) is 5.27. The van der Waals surface area contributed by atoms with Crippen molar-refractivity contribution in [2.45, 2.75) is 6.54 Å². The van der Waals surface area contributed by atoms with Crippen LogP contribution < -0.4 is 4.90 Å². The van der Waals surface area contributed by atoms with E-state index in [-0.39, 0.29) is 11.6 Å². The number of anilines is 1. The van der Waals surface area contributed by atoms with Crippen LogP contribution >= 0.6 is 11.6 Å². The predicted octanol–water partition coefficient (Wildman–Crippen LogP) is 3.82. The summed E-state index contributed by atoms with van der Waals surface area (Å²) < 4.78 is 13.6. The number of hydrogen-bond acceptors (Lipinski definition) is 2. The molecule has 2 aromatic rings. The summed E-state index contributed by atoms with van der Waals surface area (Å²) in [5.74, 6) is -0.246. The Balaban J connectivity index is 2.24. The van der Waals surface area contributed by atoms with Crippen molar-refractivity contribution in [3.63, 3.8) is 0 Å². The maximum absolute atomic E-state index is 13.6. The first kappa shape index (κ1) is 12.7. The number of nitrogens with zero attached hydrogens (tertiary/aromatic N) is 1. The molecule has 0 aliphatic carbocycles. The van der Waals surface area contributed by atoms with Crippen LogP contribution in [-0.4, -0.2) is 12.2 Å². The van der Waals surface area contributed by atoms with Crippen molar-refractivity contribution in [3.05, 3.63) is 58.9 Å². The molecule has 0 aromatic heterocycles. The van der Waals surface area contributed by atoms with Gasteiger partial charge in [-0.1, -0.05) is 35.9 Å². The van der Waals surface area contributed by atoms with Gasteiger partial charge in [-0.05, 0) is 18.2 Å². The van der Waals surface area contributed by atoms with Crippen molar-refractivity contribution in [2.75, 3.05) is 11.9 Å². The summed E-state index contributed by atoms with van der Waals surface area (Å²) in [5, 5.41) is 10.1. The van der Waals surface area contributed by atoms with Crippen LogP contribution in [0.15, 0.2) is 42.5 Å². The molecule has 2 aromatic carbocycles. The molecule has 18 heavy (non-hydrogen) atoms. The van der Waals surface area contributed by atoms with E-state index in [1.807, 2.05) is 0 Å². The van der Waals surface area contributed by atoms with E-state index < -0.39 is 0 Å². The Morgan fingerprint density at radius 2 is 1.89 bits per heavy atom. The Morgan fingerprint density at radius 1 is 1.17 bits per heavy atom. The maximum Gasteiger partial charge on any atom is 0.146 e. The number of aromatic hydroxyl groups is 1. The fourth-order valence-corrected chi connectivity index (χ4v) is 1.98. The highest BCUT2D eigenvalue weighted by molar-refractivity contribution is 6.32. The van der Waals surface area contributed by atoms with E-state index in [4.69, 9.17) is 11.6 Å². The summed E-state index contributed by atoms with van der Waals surface area (Å²) in [6.45, 7) is 0.382. The smallest absolute Gasteiger partial charge is 0.146 e. The van der Waals surface area contributed by atoms with Crippen LogP contribution in [0.1, 0.15) is 5.56 Å². The normalized spacial score (nSPS) is 10.4. The molecule has 0 saturated carbocycles. The van der Waals surface area contributed by atoms with Gasteiger partial charge in [0.2, 0.25) is 0 Å². The van der Waals surface area contributed by atoms with Gasteiger partial charge in [0.05, 0.1) is 10.7 Å². The average molecular weight is 266 g/mol. The number of benzene rings is 2. The minimum atomic E-state index is -0.290. The van der Waals surface area contributed by atoms with Gasteiger partial charge in [0.1, 0.15) is 11.6 Å². The monoisotopic (exact) mass is 265 g/mol. The van der Waals surface area contributed by atoms with Gasteiger partial charge in [0.25, 0.3) is 0 Å². The van der Waals surface area contributed by atoms with Crippen LogP contribution in [0, 0.1) is 5.82 Å². The maximum atomic E-state index is 13.6. The Morgan fingerprint density at radius 3 is 2.61 bits per heavy atom. The number of rotatable bonds is 3. The van der Waals surface area contributed by atoms with Crippen LogP contribution in [0.2, 0.25) is 5.02 Å². The molecule has 1 N–H and O–H groups in total. The van der Waals surface area contributed by atoms with Crippen molar-refractivity contribution in [2.24, 2.45) is 0 Å². The molecule has 0 amide bonds. The average Bonchev–Trinajstić information content (AvgIpc) is 2.35. The summed E-state index contributed by atoms with van der Waals surface area (Å²) in [6, 6.07) is 11.6. The topological polar surface area (TPSA) is 23.5 Å². The molecule has 0 spiro atoms. The number of phenolic OH excluding ortho intramolecular Hbond substituents is 1. The van der Waals surface area contributed by atoms with Crippen LogP contribution in [0.25, 0.3) is 0 Å². The zero-order valence-electron chi connectivity index (χ0n) is 9.90. The highest BCUT2D eigenvalue weighted by atomic mass is 35.5. The minimum absolute atomic E-state index is 0.0438. The van der Waals surface area contributed by atoms with Crippen LogP contribution in [0.3, 0.4) is 0 Å². The fraction of sp³-hybridized carbons (Fsp3) is 0.143. The lowest BCUT2D eigenvalue weighted by Gasteiger charge is -2.20. The van der Waals surface area contributed by atoms with E-state index in [9.17, 15) is 9.50 Å². The molecule has 0 aliphatic rings. The number of para-hydroxylation sites is 2. The third-order valence-corrected chi connectivity index (χ3v) is 3.05. The van der Waals surface area contributed by atoms with Gasteiger partial charge in [-0.3, -0.25) is 0 Å². The van der Waals surface area contributed by atoms with Crippen molar-refractivity contribution in [1.82, 2.24) is 0 Å². The molecule has 0 unspecified atom stereocenters. The van der Waals surface area contributed by atoms with Gasteiger partial charge in [-0.25, -0.2) is 4.39 Å². The van der Waals surface area contributed by atoms with Gasteiger partial charge in [-0.15, -0.1) is 0 Å². The predicted molar refractivity (Wildman–Crippen MR) is 71.6 cm³/mol. The standard InChI is InChI=1S/C14H13ClFNO/c1-17(13-8-3-2-7-12(13)16)9-10-5-4-6-11(15)14(10)18/h2-8,18H,9H2,1H3. The molecule has 0 fully saturated rings. The number of halogens is 2. The quantitative estimate of drug-likeness (QED) is 0.912. The van der Waals surface area contributed by atoms with Gasteiger partial charge in [0.15, 0.2) is 0 Å². The molecular formula is C14H13ClFNO. The molecule has 2 rings (SSSR count). The molecule has 0 aliphatic heterocycles. The Kier molecular flexibility index (Phi) is 3.72. The molecule has 4 heteroatoms. The first-order valence-corrected chi connectivity index (χ1v) is 5.89. The molecule has 94 valence electrons. The van der Waals surface area contributed by atoms with E-state index in [0.29, 0.717) is 22.8 Å². The highest BCUT2D eigenvalue weighted by Crippen LogP contribution is 2.29. The van der Waals surface area contributed by atoms with Crippen LogP contribution in [0.5, 0.6) is 5.75 Å². The SMILES string of the molecule is CN(Cc1cccc(Cl)c1O)c1ccccc1F. The summed E-state index contributed by atoms with van der Waals surface area (Å²) in [4.78, 5) is 1.72. The lowest BCUT2D eigenvalue weighted by Crippen LogP contribution is -2.17. The second-order valence-electron chi connectivity index (χ2n) is 4.06. The first-order chi connectivity index (χ1) is 8.59. The van der Waals surface area contributed by atoms with E-state index >= 15 is 0 Å². The van der Waals surface area contributed by atoms with Crippen molar-refractivity contribution in [1.29, 1.82) is 0 Å². The highest BCUT2D eigenvalue weighted by Gasteiger charge is 2.11. The first-order valence-electron chi connectivity index (χ1n) is 5.51. The summed E-state index contributed by atoms with van der Waals surface area (Å²) in [7, 11) is 1.76. The van der Waals surface area contributed by atoms with E-state index in [2.05, 4.69) is 0 Å². The van der Waals surface area contributed by atoms with Crippen molar-refractivity contribution >= 4 is 17.3 Å². The van der Waals surface area contributed by atoms with E-state index in [0.717, 1.165) is 0 Å². The van der Waals surface area contributed by atoms with Crippen LogP contribution in [0.4, 0.5) is 10.1 Å². The Labute approximate surface area is 110 Å². The molecule has 2 nitrogen and oxygen atoms in total. The van der Waals surface area contributed by atoms with E-state index in [1.54, 1.807) is 48.3 Å². The zero-order valence-corrected chi connectivity index (χ0v) is 10.7. The molecular weight excluding hydrogens is 253 g/mol. The summed E-state index contributed by atoms with van der Waals surface area (Å²) >= 11 is 5.83. The van der Waals surface area contributed by atoms with Gasteiger partial charge >= 0.3 is 0 Å². The Hall–Kier alpha value is -1.74. The summed E-state index contributed by atoms with van der Waals surface area (Å²) in [5.41, 5.74) is 1.14. The van der Waals surface area contributed by atoms with Crippen molar-refractivity contribution in [3.8, 4) is 5.75 Å². The molecule has 0 heterocycles. The molecule has 0 atom stereocenters. The van der Waals surface area contributed by atoms with Gasteiger partial charge in [-0.2, -0.15) is 0 Å². The summed E-state index contributed by atoms with van der Waals surface area (Å²) in [6.07, 6.45) is 0. The van der Waals surface area contributed by atoms with Gasteiger partial charge < -0.3 is 10.0 Å². The van der Waals surface area contributed by atoms with Crippen LogP contribution in [-0.2, 0) is 6.54 Å². The fourth-order valence-electron chi connectivity index (χ4n) is 1.79. The third kappa shape index (κ3) is 2.57. The third-order valence-electron chi connectivity index (χ3n) is 2.74. The lowest BCUT2D eigenvalue weighted by molar-refractivity contribution is 0.468. The largest absolute Gasteiger partial charge is 0.506 e. The second-order valence-corrected chi connectivity index (χ2v) is 4.46. The Bertz CT molecular complexity index is 559. The van der Waals surface area contributed by atoms with Crippen molar-refractivity contribution < 1.29 is 9.50 Å². The zero-order chi connectivity index (χ0) is 13.1. The number of phenols is 1. The molecule has 0 radical (unpaired) electrons. The number of hydrogen-bond donors (Lipinski definition) is 1. The molecule has 0 saturated heterocycles. The lowest BCUT2D eigenvalue weighted by atomic mass is 10.2. The van der Waals surface area contributed by atoms with E-state index in [1.165, 1.54) is 6.07 Å². The minimum Gasteiger partial charge on any atom is -0.506 e.